The summed E-state index contributed by atoms with van der Waals surface area (Å²) >= 11 is 7.05. The number of hydrogen-bond acceptors (Lipinski definition) is 8. The molecule has 1 aromatic heterocycles. The van der Waals surface area contributed by atoms with Crippen LogP contribution in [0.4, 0.5) is 8.78 Å². The summed E-state index contributed by atoms with van der Waals surface area (Å²) in [6, 6.07) is 3.84. The highest BCUT2D eigenvalue weighted by atomic mass is 35.5. The number of benzene rings is 1. The van der Waals surface area contributed by atoms with Crippen LogP contribution in [0.15, 0.2) is 47.8 Å². The van der Waals surface area contributed by atoms with Crippen LogP contribution >= 0.6 is 23.4 Å². The number of ether oxygens (including phenoxy) is 1. The number of aliphatic hydroxyl groups is 3. The van der Waals surface area contributed by atoms with Crippen molar-refractivity contribution in [3.05, 3.63) is 65.1 Å². The van der Waals surface area contributed by atoms with Crippen LogP contribution in [0.25, 0.3) is 5.70 Å². The molecule has 2 heterocycles. The first-order valence-corrected chi connectivity index (χ1v) is 10.1. The summed E-state index contributed by atoms with van der Waals surface area (Å²) in [5.74, 6) is -2.06. The SMILES string of the molecule is N/C(=C\NC1C(O)C(CO)OC(Sc2cncc(Cl)c2)C1O)c1ccc(F)c(F)c1. The summed E-state index contributed by atoms with van der Waals surface area (Å²) in [5.41, 5.74) is 5.32. The predicted molar refractivity (Wildman–Crippen MR) is 108 cm³/mol. The van der Waals surface area contributed by atoms with Gasteiger partial charge in [0, 0.05) is 29.1 Å². The van der Waals surface area contributed by atoms with Gasteiger partial charge in [-0.05, 0) is 24.3 Å². The standard InChI is InChI=1S/C19H20ClF2N3O4S/c20-10-4-11(6-24-5-10)30-19-18(28)16(17(27)15(8-26)29-19)25-7-14(23)9-1-2-12(21)13(22)3-9/h1-7,15-19,25-28H,8,23H2/b14-7-. The van der Waals surface area contributed by atoms with Gasteiger partial charge in [-0.2, -0.15) is 0 Å². The third-order valence-electron chi connectivity index (χ3n) is 4.50. The lowest BCUT2D eigenvalue weighted by Crippen LogP contribution is -2.62. The van der Waals surface area contributed by atoms with Crippen LogP contribution in [0.1, 0.15) is 5.56 Å². The van der Waals surface area contributed by atoms with Crippen LogP contribution in [0.2, 0.25) is 5.02 Å². The van der Waals surface area contributed by atoms with Crippen molar-refractivity contribution in [3.63, 3.8) is 0 Å². The summed E-state index contributed by atoms with van der Waals surface area (Å²) in [6.07, 6.45) is 0.796. The Hall–Kier alpha value is -1.95. The number of nitrogens with zero attached hydrogens (tertiary/aromatic N) is 1. The first-order chi connectivity index (χ1) is 14.3. The van der Waals surface area contributed by atoms with E-state index in [1.54, 1.807) is 6.07 Å². The minimum atomic E-state index is -1.27. The Morgan fingerprint density at radius 2 is 2.00 bits per heavy atom. The molecule has 162 valence electrons. The summed E-state index contributed by atoms with van der Waals surface area (Å²) in [6.45, 7) is -0.487. The largest absolute Gasteiger partial charge is 0.397 e. The van der Waals surface area contributed by atoms with Crippen LogP contribution in [-0.4, -0.2) is 56.7 Å². The number of halogens is 3. The Balaban J connectivity index is 1.77. The highest BCUT2D eigenvalue weighted by Gasteiger charge is 2.44. The first kappa shape index (κ1) is 22.7. The molecule has 1 aliphatic rings. The van der Waals surface area contributed by atoms with Crippen molar-refractivity contribution in [2.45, 2.75) is 34.7 Å². The molecule has 1 aliphatic heterocycles. The minimum Gasteiger partial charge on any atom is -0.397 e. The molecule has 3 rings (SSSR count). The van der Waals surface area contributed by atoms with E-state index in [0.29, 0.717) is 9.92 Å². The molecule has 0 saturated carbocycles. The van der Waals surface area contributed by atoms with E-state index in [4.69, 9.17) is 22.1 Å². The molecule has 5 unspecified atom stereocenters. The van der Waals surface area contributed by atoms with Crippen molar-refractivity contribution in [1.82, 2.24) is 10.3 Å². The zero-order chi connectivity index (χ0) is 21.8. The molecule has 6 N–H and O–H groups in total. The number of thioether (sulfide) groups is 1. The smallest absolute Gasteiger partial charge is 0.159 e. The molecule has 30 heavy (non-hydrogen) atoms. The summed E-state index contributed by atoms with van der Waals surface area (Å²) < 4.78 is 32.1. The van der Waals surface area contributed by atoms with E-state index in [9.17, 15) is 24.1 Å². The molecule has 1 fully saturated rings. The van der Waals surface area contributed by atoms with Gasteiger partial charge in [0.2, 0.25) is 0 Å². The van der Waals surface area contributed by atoms with E-state index < -0.39 is 48.0 Å². The first-order valence-electron chi connectivity index (χ1n) is 8.87. The number of aliphatic hydroxyl groups excluding tert-OH is 3. The lowest BCUT2D eigenvalue weighted by Gasteiger charge is -2.42. The van der Waals surface area contributed by atoms with Crippen molar-refractivity contribution >= 4 is 29.1 Å². The van der Waals surface area contributed by atoms with Gasteiger partial charge in [-0.3, -0.25) is 4.98 Å². The van der Waals surface area contributed by atoms with Crippen LogP contribution < -0.4 is 11.1 Å². The number of nitrogens with two attached hydrogens (primary N) is 1. The minimum absolute atomic E-state index is 0.0589. The van der Waals surface area contributed by atoms with Crippen molar-refractivity contribution in [2.24, 2.45) is 5.73 Å². The van der Waals surface area contributed by atoms with Crippen LogP contribution in [0.3, 0.4) is 0 Å². The molecule has 5 atom stereocenters. The summed E-state index contributed by atoms with van der Waals surface area (Å²) in [5, 5.41) is 33.9. The van der Waals surface area contributed by atoms with E-state index in [1.807, 2.05) is 0 Å². The lowest BCUT2D eigenvalue weighted by molar-refractivity contribution is -0.164. The lowest BCUT2D eigenvalue weighted by atomic mass is 9.97. The monoisotopic (exact) mass is 459 g/mol. The second-order valence-electron chi connectivity index (χ2n) is 6.58. The molecule has 0 bridgehead atoms. The molecule has 0 radical (unpaired) electrons. The fourth-order valence-electron chi connectivity index (χ4n) is 2.92. The van der Waals surface area contributed by atoms with Gasteiger partial charge in [0.1, 0.15) is 23.7 Å². The molecule has 11 heteroatoms. The van der Waals surface area contributed by atoms with Crippen molar-refractivity contribution in [3.8, 4) is 0 Å². The third-order valence-corrected chi connectivity index (χ3v) is 5.83. The maximum atomic E-state index is 13.4. The van der Waals surface area contributed by atoms with E-state index in [2.05, 4.69) is 10.3 Å². The van der Waals surface area contributed by atoms with E-state index in [0.717, 1.165) is 23.9 Å². The normalized spacial score (nSPS) is 27.1. The highest BCUT2D eigenvalue weighted by molar-refractivity contribution is 7.99. The van der Waals surface area contributed by atoms with E-state index in [1.165, 1.54) is 24.7 Å². The Morgan fingerprint density at radius 1 is 1.23 bits per heavy atom. The van der Waals surface area contributed by atoms with Crippen LogP contribution in [0.5, 0.6) is 0 Å². The zero-order valence-electron chi connectivity index (χ0n) is 15.5. The maximum Gasteiger partial charge on any atom is 0.159 e. The quantitative estimate of drug-likeness (QED) is 0.440. The molecule has 7 nitrogen and oxygen atoms in total. The van der Waals surface area contributed by atoms with Gasteiger partial charge in [0.15, 0.2) is 11.6 Å². The van der Waals surface area contributed by atoms with Gasteiger partial charge in [-0.1, -0.05) is 23.4 Å². The number of nitrogens with one attached hydrogen (secondary N) is 1. The van der Waals surface area contributed by atoms with E-state index >= 15 is 0 Å². The topological polar surface area (TPSA) is 121 Å². The second-order valence-corrected chi connectivity index (χ2v) is 8.19. The predicted octanol–water partition coefficient (Wildman–Crippen LogP) is 1.46. The van der Waals surface area contributed by atoms with Crippen LogP contribution in [-0.2, 0) is 4.74 Å². The number of aromatic nitrogens is 1. The number of hydrogen-bond donors (Lipinski definition) is 5. The van der Waals surface area contributed by atoms with Gasteiger partial charge < -0.3 is 31.1 Å². The van der Waals surface area contributed by atoms with Crippen molar-refractivity contribution in [2.75, 3.05) is 6.61 Å². The fourth-order valence-corrected chi connectivity index (χ4v) is 4.25. The average Bonchev–Trinajstić information content (AvgIpc) is 2.72. The van der Waals surface area contributed by atoms with Gasteiger partial charge in [-0.15, -0.1) is 0 Å². The van der Waals surface area contributed by atoms with Gasteiger partial charge in [-0.25, -0.2) is 8.78 Å². The second kappa shape index (κ2) is 9.90. The summed E-state index contributed by atoms with van der Waals surface area (Å²) in [7, 11) is 0. The zero-order valence-corrected chi connectivity index (χ0v) is 17.0. The highest BCUT2D eigenvalue weighted by Crippen LogP contribution is 2.34. The Bertz CT molecular complexity index is 923. The molecule has 1 saturated heterocycles. The van der Waals surface area contributed by atoms with E-state index in [-0.39, 0.29) is 11.3 Å². The Labute approximate surface area is 180 Å². The molecule has 1 aromatic carbocycles. The molecule has 2 aromatic rings. The van der Waals surface area contributed by atoms with Crippen LogP contribution in [0, 0.1) is 11.6 Å². The average molecular weight is 460 g/mol. The fraction of sp³-hybridized carbons (Fsp3) is 0.316. The molecule has 0 aliphatic carbocycles. The van der Waals surface area contributed by atoms with Crippen molar-refractivity contribution < 1.29 is 28.8 Å². The van der Waals surface area contributed by atoms with Gasteiger partial charge in [0.25, 0.3) is 0 Å². The molecular formula is C19H20ClF2N3O4S. The summed E-state index contributed by atoms with van der Waals surface area (Å²) in [4.78, 5) is 4.59. The van der Waals surface area contributed by atoms with Crippen molar-refractivity contribution in [1.29, 1.82) is 0 Å². The number of pyridine rings is 1. The van der Waals surface area contributed by atoms with Gasteiger partial charge in [0.05, 0.1) is 23.4 Å². The third kappa shape index (κ3) is 5.20. The Kier molecular flexibility index (Phi) is 7.50. The molecule has 0 amide bonds. The number of rotatable bonds is 6. The van der Waals surface area contributed by atoms with Gasteiger partial charge >= 0.3 is 0 Å². The molecule has 0 spiro atoms. The molecular weight excluding hydrogens is 440 g/mol. The Morgan fingerprint density at radius 3 is 2.67 bits per heavy atom. The maximum absolute atomic E-state index is 13.4.